The van der Waals surface area contributed by atoms with Gasteiger partial charge in [0.15, 0.2) is 0 Å². The molecule has 0 saturated heterocycles. The molecule has 0 aliphatic rings. The van der Waals surface area contributed by atoms with Crippen LogP contribution in [0.25, 0.3) is 32.3 Å². The van der Waals surface area contributed by atoms with Crippen LogP contribution in [0, 0.1) is 0 Å². The second-order valence-electron chi connectivity index (χ2n) is 11.7. The predicted octanol–water partition coefficient (Wildman–Crippen LogP) is 10.7. The van der Waals surface area contributed by atoms with E-state index in [0.29, 0.717) is 34.1 Å². The Balaban J connectivity index is 1.19. The molecule has 0 aromatic heterocycles. The van der Waals surface area contributed by atoms with Crippen molar-refractivity contribution < 1.29 is 23.7 Å². The predicted molar refractivity (Wildman–Crippen MR) is 193 cm³/mol. The summed E-state index contributed by atoms with van der Waals surface area (Å²) in [6.07, 6.45) is 0. The molecule has 0 amide bonds. The SMILES string of the molecule is O=C(Oc1ccc(C(Oc2ccccc2)(Oc2ccc3ccccc3c2)Oc2ccc3ccccc3c2)cc1)c1ccc2ccccc2c1. The van der Waals surface area contributed by atoms with Gasteiger partial charge in [-0.05, 0) is 105 Å². The first kappa shape index (κ1) is 29.8. The van der Waals surface area contributed by atoms with Crippen LogP contribution in [-0.2, 0) is 5.97 Å². The number of rotatable bonds is 9. The smallest absolute Gasteiger partial charge is 0.423 e. The standard InChI is InChI=1S/C44H30O5/c45-43(37-19-18-31-10-4-7-13-34(31)28-37)46-39-26-22-38(23-27-39)44(47-40-16-2-1-3-17-40,48-41-24-20-32-11-5-8-14-35(32)29-41)49-42-25-21-33-12-6-9-15-36(33)30-42/h1-30H. The van der Waals surface area contributed by atoms with E-state index in [0.717, 1.165) is 32.3 Å². The van der Waals surface area contributed by atoms with Crippen molar-refractivity contribution >= 4 is 38.3 Å². The molecule has 0 bridgehead atoms. The van der Waals surface area contributed by atoms with Crippen LogP contribution in [0.1, 0.15) is 15.9 Å². The lowest BCUT2D eigenvalue weighted by atomic mass is 10.1. The lowest BCUT2D eigenvalue weighted by Crippen LogP contribution is -2.45. The zero-order chi connectivity index (χ0) is 33.0. The van der Waals surface area contributed by atoms with Crippen molar-refractivity contribution in [3.8, 4) is 23.0 Å². The Morgan fingerprint density at radius 1 is 0.367 bits per heavy atom. The molecule has 49 heavy (non-hydrogen) atoms. The van der Waals surface area contributed by atoms with Crippen molar-refractivity contribution in [2.24, 2.45) is 0 Å². The van der Waals surface area contributed by atoms with Crippen LogP contribution in [-0.4, -0.2) is 5.97 Å². The monoisotopic (exact) mass is 638 g/mol. The highest BCUT2D eigenvalue weighted by Gasteiger charge is 2.42. The Morgan fingerprint density at radius 3 is 1.35 bits per heavy atom. The number of carbonyl (C=O) groups is 1. The Kier molecular flexibility index (Phi) is 7.84. The third-order valence-electron chi connectivity index (χ3n) is 8.35. The average molecular weight is 639 g/mol. The molecule has 8 rings (SSSR count). The van der Waals surface area contributed by atoms with Gasteiger partial charge in [-0.25, -0.2) is 4.79 Å². The van der Waals surface area contributed by atoms with Crippen LogP contribution in [0.15, 0.2) is 182 Å². The average Bonchev–Trinajstić information content (AvgIpc) is 3.15. The first-order valence-electron chi connectivity index (χ1n) is 16.0. The van der Waals surface area contributed by atoms with E-state index in [1.165, 1.54) is 0 Å². The molecule has 8 aromatic rings. The van der Waals surface area contributed by atoms with Crippen LogP contribution in [0.5, 0.6) is 23.0 Å². The molecule has 0 fully saturated rings. The molecule has 5 nitrogen and oxygen atoms in total. The summed E-state index contributed by atoms with van der Waals surface area (Å²) in [5.41, 5.74) is 1.01. The van der Waals surface area contributed by atoms with E-state index in [9.17, 15) is 4.79 Å². The molecule has 0 aliphatic heterocycles. The van der Waals surface area contributed by atoms with E-state index >= 15 is 0 Å². The molecular weight excluding hydrogens is 608 g/mol. The number of ether oxygens (including phenoxy) is 4. The zero-order valence-electron chi connectivity index (χ0n) is 26.4. The van der Waals surface area contributed by atoms with Gasteiger partial charge in [-0.2, -0.15) is 0 Å². The minimum atomic E-state index is -1.78. The van der Waals surface area contributed by atoms with E-state index in [4.69, 9.17) is 18.9 Å². The fourth-order valence-corrected chi connectivity index (χ4v) is 5.86. The first-order valence-corrected chi connectivity index (χ1v) is 16.0. The van der Waals surface area contributed by atoms with E-state index in [2.05, 4.69) is 12.1 Å². The summed E-state index contributed by atoms with van der Waals surface area (Å²) in [4.78, 5) is 13.2. The molecule has 0 spiro atoms. The van der Waals surface area contributed by atoms with E-state index in [1.54, 1.807) is 30.3 Å². The number of hydrogen-bond donors (Lipinski definition) is 0. The normalized spacial score (nSPS) is 11.3. The number of fused-ring (bicyclic) bond motifs is 3. The van der Waals surface area contributed by atoms with Gasteiger partial charge in [0.1, 0.15) is 23.0 Å². The maximum Gasteiger partial charge on any atom is 0.447 e. The molecule has 5 heteroatoms. The summed E-state index contributed by atoms with van der Waals surface area (Å²) in [5.74, 6) is -0.245. The second kappa shape index (κ2) is 12.9. The molecular formula is C44H30O5. The van der Waals surface area contributed by atoms with Crippen LogP contribution < -0.4 is 18.9 Å². The van der Waals surface area contributed by atoms with Crippen molar-refractivity contribution in [1.29, 1.82) is 0 Å². The second-order valence-corrected chi connectivity index (χ2v) is 11.7. The number of benzene rings is 8. The number of hydrogen-bond acceptors (Lipinski definition) is 5. The Morgan fingerprint density at radius 2 is 0.796 bits per heavy atom. The minimum Gasteiger partial charge on any atom is -0.423 e. The highest BCUT2D eigenvalue weighted by Crippen LogP contribution is 2.37. The molecule has 0 heterocycles. The highest BCUT2D eigenvalue weighted by atomic mass is 16.9. The van der Waals surface area contributed by atoms with Gasteiger partial charge in [-0.3, -0.25) is 0 Å². The van der Waals surface area contributed by atoms with Gasteiger partial charge in [-0.15, -0.1) is 0 Å². The topological polar surface area (TPSA) is 54.0 Å². The number of para-hydroxylation sites is 1. The number of carbonyl (C=O) groups excluding carboxylic acids is 1. The summed E-state index contributed by atoms with van der Waals surface area (Å²) >= 11 is 0. The Bertz CT molecular complexity index is 2340. The van der Waals surface area contributed by atoms with E-state index < -0.39 is 11.9 Å². The van der Waals surface area contributed by atoms with Crippen molar-refractivity contribution in [2.75, 3.05) is 0 Å². The van der Waals surface area contributed by atoms with Gasteiger partial charge >= 0.3 is 11.9 Å². The number of esters is 1. The molecule has 0 unspecified atom stereocenters. The molecule has 8 aromatic carbocycles. The third kappa shape index (κ3) is 6.38. The quantitative estimate of drug-likeness (QED) is 0.0895. The minimum absolute atomic E-state index is 0.368. The van der Waals surface area contributed by atoms with Gasteiger partial charge in [0, 0.05) is 0 Å². The largest absolute Gasteiger partial charge is 0.447 e. The van der Waals surface area contributed by atoms with Crippen molar-refractivity contribution in [2.45, 2.75) is 5.97 Å². The lowest BCUT2D eigenvalue weighted by molar-refractivity contribution is -0.263. The fourth-order valence-electron chi connectivity index (χ4n) is 5.86. The van der Waals surface area contributed by atoms with E-state index in [1.807, 2.05) is 140 Å². The molecule has 0 atom stereocenters. The molecule has 0 N–H and O–H groups in total. The van der Waals surface area contributed by atoms with Crippen LogP contribution >= 0.6 is 0 Å². The van der Waals surface area contributed by atoms with Crippen molar-refractivity contribution in [1.82, 2.24) is 0 Å². The summed E-state index contributed by atoms with van der Waals surface area (Å²) in [7, 11) is 0. The maximum atomic E-state index is 13.2. The van der Waals surface area contributed by atoms with Crippen LogP contribution in [0.2, 0.25) is 0 Å². The van der Waals surface area contributed by atoms with Crippen molar-refractivity contribution in [3.05, 3.63) is 193 Å². The molecule has 236 valence electrons. The first-order chi connectivity index (χ1) is 24.1. The van der Waals surface area contributed by atoms with Gasteiger partial charge in [0.05, 0.1) is 11.1 Å². The summed E-state index contributed by atoms with van der Waals surface area (Å²) < 4.78 is 26.1. The summed E-state index contributed by atoms with van der Waals surface area (Å²) in [6.45, 7) is 0. The zero-order valence-corrected chi connectivity index (χ0v) is 26.4. The highest BCUT2D eigenvalue weighted by molar-refractivity contribution is 5.96. The third-order valence-corrected chi connectivity index (χ3v) is 8.35. The van der Waals surface area contributed by atoms with Gasteiger partial charge in [-0.1, -0.05) is 109 Å². The lowest BCUT2D eigenvalue weighted by Gasteiger charge is -2.34. The maximum absolute atomic E-state index is 13.2. The molecule has 0 aliphatic carbocycles. The van der Waals surface area contributed by atoms with Crippen LogP contribution in [0.4, 0.5) is 0 Å². The Labute approximate surface area is 283 Å². The van der Waals surface area contributed by atoms with Gasteiger partial charge in [0.25, 0.3) is 0 Å². The van der Waals surface area contributed by atoms with E-state index in [-0.39, 0.29) is 0 Å². The van der Waals surface area contributed by atoms with Crippen LogP contribution in [0.3, 0.4) is 0 Å². The Hall–Kier alpha value is -6.59. The molecule has 0 radical (unpaired) electrons. The molecule has 0 saturated carbocycles. The van der Waals surface area contributed by atoms with Gasteiger partial charge in [0.2, 0.25) is 0 Å². The summed E-state index contributed by atoms with van der Waals surface area (Å²) in [5, 5.41) is 6.20. The summed E-state index contributed by atoms with van der Waals surface area (Å²) in [6, 6.07) is 57.7. The van der Waals surface area contributed by atoms with Gasteiger partial charge < -0.3 is 18.9 Å². The van der Waals surface area contributed by atoms with Crippen molar-refractivity contribution in [3.63, 3.8) is 0 Å². The fraction of sp³-hybridized carbons (Fsp3) is 0.0227.